The third-order valence-corrected chi connectivity index (χ3v) is 2.04. The average Bonchev–Trinajstić information content (AvgIpc) is 2.89. The molecule has 0 fully saturated rings. The van der Waals surface area contributed by atoms with Gasteiger partial charge < -0.3 is 10.1 Å². The second-order valence-electron chi connectivity index (χ2n) is 3.28. The Hall–Kier alpha value is -2.65. The highest BCUT2D eigenvalue weighted by atomic mass is 16.2. The number of carbonyl (C=O) groups is 1. The van der Waals surface area contributed by atoms with Crippen LogP contribution in [-0.2, 0) is 0 Å². The Bertz CT molecular complexity index is 579. The summed E-state index contributed by atoms with van der Waals surface area (Å²) in [5.41, 5.74) is 0.902. The van der Waals surface area contributed by atoms with Gasteiger partial charge in [-0.1, -0.05) is 11.8 Å². The van der Waals surface area contributed by atoms with Crippen LogP contribution in [0, 0.1) is 11.8 Å². The quantitative estimate of drug-likeness (QED) is 0.665. The summed E-state index contributed by atoms with van der Waals surface area (Å²) in [5.74, 6) is 5.20. The van der Waals surface area contributed by atoms with Gasteiger partial charge in [-0.3, -0.25) is 10.1 Å². The molecule has 0 aliphatic heterocycles. The van der Waals surface area contributed by atoms with Gasteiger partial charge in [-0.2, -0.15) is 0 Å². The predicted octanol–water partition coefficient (Wildman–Crippen LogP) is 0.401. The van der Waals surface area contributed by atoms with Crippen LogP contribution in [0.3, 0.4) is 0 Å². The van der Waals surface area contributed by atoms with Gasteiger partial charge in [0, 0.05) is 24.2 Å². The molecule has 0 atom stereocenters. The maximum atomic E-state index is 11.7. The first-order valence-corrected chi connectivity index (χ1v) is 5.16. The molecule has 2 rings (SSSR count). The molecule has 0 aliphatic carbocycles. The van der Waals surface area contributed by atoms with Crippen LogP contribution in [0.1, 0.15) is 16.1 Å². The Morgan fingerprint density at radius 1 is 1.44 bits per heavy atom. The van der Waals surface area contributed by atoms with Gasteiger partial charge in [0.05, 0.1) is 0 Å². The summed E-state index contributed by atoms with van der Waals surface area (Å²) in [6.45, 7) is -0.208. The Morgan fingerprint density at radius 3 is 2.94 bits per heavy atom. The van der Waals surface area contributed by atoms with Crippen molar-refractivity contribution in [2.45, 2.75) is 0 Å². The molecule has 0 aromatic carbocycles. The van der Waals surface area contributed by atoms with Crippen molar-refractivity contribution in [1.82, 2.24) is 15.0 Å². The largest absolute Gasteiger partial charge is 0.384 e. The SMILES string of the molecule is O=C(Nc1ncc[nH]1)c1ccc(C#CCO)cn1. The number of rotatable bonds is 2. The lowest BCUT2D eigenvalue weighted by Gasteiger charge is -2.00. The van der Waals surface area contributed by atoms with E-state index in [1.165, 1.54) is 12.4 Å². The Kier molecular flexibility index (Phi) is 3.69. The molecule has 2 heterocycles. The van der Waals surface area contributed by atoms with Crippen LogP contribution >= 0.6 is 0 Å². The molecular formula is C12H10N4O2. The number of imidazole rings is 1. The first-order valence-electron chi connectivity index (χ1n) is 5.16. The molecule has 0 saturated carbocycles. The summed E-state index contributed by atoms with van der Waals surface area (Å²) in [6, 6.07) is 3.21. The van der Waals surface area contributed by atoms with Gasteiger partial charge in [-0.25, -0.2) is 9.97 Å². The van der Waals surface area contributed by atoms with E-state index in [1.54, 1.807) is 18.3 Å². The maximum absolute atomic E-state index is 11.7. The number of aliphatic hydroxyl groups is 1. The van der Waals surface area contributed by atoms with Gasteiger partial charge in [0.25, 0.3) is 5.91 Å². The van der Waals surface area contributed by atoms with Gasteiger partial charge in [0.15, 0.2) is 0 Å². The Labute approximate surface area is 103 Å². The molecule has 90 valence electrons. The molecule has 0 unspecified atom stereocenters. The topological polar surface area (TPSA) is 90.9 Å². The molecule has 6 heteroatoms. The van der Waals surface area contributed by atoms with Crippen molar-refractivity contribution in [1.29, 1.82) is 0 Å². The van der Waals surface area contributed by atoms with Crippen molar-refractivity contribution in [3.8, 4) is 11.8 Å². The van der Waals surface area contributed by atoms with Crippen LogP contribution in [0.5, 0.6) is 0 Å². The minimum Gasteiger partial charge on any atom is -0.384 e. The number of nitrogens with zero attached hydrogens (tertiary/aromatic N) is 2. The molecule has 2 aromatic heterocycles. The van der Waals surface area contributed by atoms with E-state index >= 15 is 0 Å². The van der Waals surface area contributed by atoms with Crippen molar-refractivity contribution in [3.05, 3.63) is 42.0 Å². The summed E-state index contributed by atoms with van der Waals surface area (Å²) in [4.78, 5) is 22.3. The van der Waals surface area contributed by atoms with E-state index < -0.39 is 0 Å². The summed E-state index contributed by atoms with van der Waals surface area (Å²) < 4.78 is 0. The van der Waals surface area contributed by atoms with Gasteiger partial charge in [-0.05, 0) is 12.1 Å². The number of aromatic nitrogens is 3. The fourth-order valence-electron chi connectivity index (χ4n) is 1.25. The van der Waals surface area contributed by atoms with E-state index in [1.807, 2.05) is 0 Å². The normalized spacial score (nSPS) is 9.39. The standard InChI is InChI=1S/C12H10N4O2/c17-7-1-2-9-3-4-10(15-8-9)11(18)16-12-13-5-6-14-12/h3-6,8,17H,7H2,(H2,13,14,16,18). The Morgan fingerprint density at radius 2 is 2.33 bits per heavy atom. The van der Waals surface area contributed by atoms with E-state index in [2.05, 4.69) is 32.1 Å². The number of anilines is 1. The molecule has 3 N–H and O–H groups in total. The van der Waals surface area contributed by atoms with Gasteiger partial charge >= 0.3 is 0 Å². The second-order valence-corrected chi connectivity index (χ2v) is 3.28. The fraction of sp³-hybridized carbons (Fsp3) is 0.0833. The first kappa shape index (κ1) is 11.8. The molecule has 0 radical (unpaired) electrons. The van der Waals surface area contributed by atoms with Crippen molar-refractivity contribution in [2.75, 3.05) is 11.9 Å². The van der Waals surface area contributed by atoms with Crippen molar-refractivity contribution in [2.24, 2.45) is 0 Å². The highest BCUT2D eigenvalue weighted by Gasteiger charge is 2.07. The van der Waals surface area contributed by atoms with Crippen LogP contribution in [0.25, 0.3) is 0 Å². The number of hydrogen-bond acceptors (Lipinski definition) is 4. The lowest BCUT2D eigenvalue weighted by atomic mass is 10.2. The zero-order chi connectivity index (χ0) is 12.8. The van der Waals surface area contributed by atoms with Crippen LogP contribution in [0.2, 0.25) is 0 Å². The Balaban J connectivity index is 2.07. The lowest BCUT2D eigenvalue weighted by Crippen LogP contribution is -2.14. The van der Waals surface area contributed by atoms with E-state index in [-0.39, 0.29) is 18.2 Å². The molecular weight excluding hydrogens is 232 g/mol. The minimum atomic E-state index is -0.355. The van der Waals surface area contributed by atoms with Gasteiger partial charge in [-0.15, -0.1) is 0 Å². The van der Waals surface area contributed by atoms with E-state index in [9.17, 15) is 4.79 Å². The number of hydrogen-bond donors (Lipinski definition) is 3. The number of aromatic amines is 1. The van der Waals surface area contributed by atoms with E-state index in [0.29, 0.717) is 11.5 Å². The zero-order valence-corrected chi connectivity index (χ0v) is 9.34. The number of carbonyl (C=O) groups excluding carboxylic acids is 1. The molecule has 0 aliphatic rings. The average molecular weight is 242 g/mol. The zero-order valence-electron chi connectivity index (χ0n) is 9.34. The monoisotopic (exact) mass is 242 g/mol. The number of pyridine rings is 1. The summed E-state index contributed by atoms with van der Waals surface area (Å²) >= 11 is 0. The van der Waals surface area contributed by atoms with E-state index in [4.69, 9.17) is 5.11 Å². The summed E-state index contributed by atoms with van der Waals surface area (Å²) in [6.07, 6.45) is 4.62. The van der Waals surface area contributed by atoms with Crippen molar-refractivity contribution >= 4 is 11.9 Å². The summed E-state index contributed by atoms with van der Waals surface area (Å²) in [5, 5.41) is 11.1. The number of H-pyrrole nitrogens is 1. The highest BCUT2D eigenvalue weighted by Crippen LogP contribution is 2.02. The molecule has 0 bridgehead atoms. The second kappa shape index (κ2) is 5.61. The molecule has 0 spiro atoms. The molecule has 18 heavy (non-hydrogen) atoms. The minimum absolute atomic E-state index is 0.208. The lowest BCUT2D eigenvalue weighted by molar-refractivity contribution is 0.102. The smallest absolute Gasteiger partial charge is 0.276 e. The van der Waals surface area contributed by atoms with Gasteiger partial charge in [0.1, 0.15) is 12.3 Å². The third kappa shape index (κ3) is 2.93. The van der Waals surface area contributed by atoms with Crippen LogP contribution in [-0.4, -0.2) is 32.6 Å². The van der Waals surface area contributed by atoms with E-state index in [0.717, 1.165) is 0 Å². The molecule has 0 saturated heterocycles. The highest BCUT2D eigenvalue weighted by molar-refractivity contribution is 6.01. The van der Waals surface area contributed by atoms with Crippen LogP contribution in [0.4, 0.5) is 5.95 Å². The molecule has 1 amide bonds. The first-order chi connectivity index (χ1) is 8.79. The number of aliphatic hydroxyl groups excluding tert-OH is 1. The maximum Gasteiger partial charge on any atom is 0.276 e. The van der Waals surface area contributed by atoms with Crippen LogP contribution in [0.15, 0.2) is 30.7 Å². The third-order valence-electron chi connectivity index (χ3n) is 2.04. The van der Waals surface area contributed by atoms with Crippen molar-refractivity contribution < 1.29 is 9.90 Å². The number of nitrogens with one attached hydrogen (secondary N) is 2. The number of amides is 1. The molecule has 2 aromatic rings. The van der Waals surface area contributed by atoms with Gasteiger partial charge in [0.2, 0.25) is 5.95 Å². The van der Waals surface area contributed by atoms with Crippen LogP contribution < -0.4 is 5.32 Å². The fourth-order valence-corrected chi connectivity index (χ4v) is 1.25. The van der Waals surface area contributed by atoms with Crippen molar-refractivity contribution in [3.63, 3.8) is 0 Å². The molecule has 6 nitrogen and oxygen atoms in total. The summed E-state index contributed by atoms with van der Waals surface area (Å²) in [7, 11) is 0. The predicted molar refractivity (Wildman–Crippen MR) is 64.7 cm³/mol.